The van der Waals surface area contributed by atoms with Gasteiger partial charge in [-0.05, 0) is 37.5 Å². The smallest absolute Gasteiger partial charge is 0.259 e. The molecule has 1 saturated heterocycles. The lowest BCUT2D eigenvalue weighted by Crippen LogP contribution is -2.32. The van der Waals surface area contributed by atoms with Gasteiger partial charge in [0.1, 0.15) is 11.4 Å². The maximum Gasteiger partial charge on any atom is 0.259 e. The number of pyridine rings is 1. The zero-order chi connectivity index (χ0) is 19.5. The van der Waals surface area contributed by atoms with E-state index in [-0.39, 0.29) is 5.91 Å². The number of carbonyl (C=O) groups is 1. The van der Waals surface area contributed by atoms with Crippen LogP contribution >= 0.6 is 0 Å². The number of aromatic nitrogens is 4. The molecule has 3 aromatic rings. The van der Waals surface area contributed by atoms with Gasteiger partial charge in [-0.25, -0.2) is 14.5 Å². The van der Waals surface area contributed by atoms with Crippen molar-refractivity contribution in [2.24, 2.45) is 0 Å². The molecule has 1 amide bonds. The Kier molecular flexibility index (Phi) is 5.10. The number of nitrogens with one attached hydrogen (secondary N) is 1. The van der Waals surface area contributed by atoms with Crippen molar-refractivity contribution in [2.45, 2.75) is 25.3 Å². The fourth-order valence-electron chi connectivity index (χ4n) is 3.56. The minimum Gasteiger partial charge on any atom is -0.381 e. The topological polar surface area (TPSA) is 78.7 Å². The monoisotopic (exact) mass is 379 g/mol. The van der Waals surface area contributed by atoms with Crippen molar-refractivity contribution in [3.05, 3.63) is 48.5 Å². The van der Waals surface area contributed by atoms with Crippen molar-refractivity contribution in [1.82, 2.24) is 24.5 Å². The van der Waals surface area contributed by atoms with E-state index in [1.165, 1.54) is 0 Å². The summed E-state index contributed by atoms with van der Waals surface area (Å²) < 4.78 is 1.64. The van der Waals surface area contributed by atoms with Gasteiger partial charge in [0.25, 0.3) is 5.91 Å². The van der Waals surface area contributed by atoms with Gasteiger partial charge in [-0.3, -0.25) is 4.79 Å². The highest BCUT2D eigenvalue weighted by Crippen LogP contribution is 2.20. The molecule has 0 aromatic carbocycles. The molecule has 0 spiro atoms. The summed E-state index contributed by atoms with van der Waals surface area (Å²) in [4.78, 5) is 25.6. The predicted octanol–water partition coefficient (Wildman–Crippen LogP) is 2.30. The normalized spacial score (nSPS) is 17.4. The Bertz CT molecular complexity index is 951. The first-order valence-electron chi connectivity index (χ1n) is 9.59. The molecule has 8 nitrogen and oxygen atoms in total. The number of hydrogen-bond donors (Lipinski definition) is 1. The second-order valence-corrected chi connectivity index (χ2v) is 7.31. The second-order valence-electron chi connectivity index (χ2n) is 7.31. The Morgan fingerprint density at radius 1 is 1.18 bits per heavy atom. The fraction of sp³-hybridized carbons (Fsp3) is 0.400. The van der Waals surface area contributed by atoms with Gasteiger partial charge in [0, 0.05) is 45.6 Å². The molecule has 0 radical (unpaired) electrons. The first-order valence-corrected chi connectivity index (χ1v) is 9.59. The summed E-state index contributed by atoms with van der Waals surface area (Å²) in [5.41, 5.74) is 2.19. The molecule has 8 heteroatoms. The number of nitrogens with zero attached hydrogens (tertiary/aromatic N) is 6. The van der Waals surface area contributed by atoms with Crippen LogP contribution in [0.1, 0.15) is 29.6 Å². The van der Waals surface area contributed by atoms with E-state index in [9.17, 15) is 4.79 Å². The summed E-state index contributed by atoms with van der Waals surface area (Å²) in [6, 6.07) is 6.19. The van der Waals surface area contributed by atoms with Crippen LogP contribution in [0.3, 0.4) is 0 Å². The van der Waals surface area contributed by atoms with E-state index in [4.69, 9.17) is 0 Å². The van der Waals surface area contributed by atoms with Gasteiger partial charge < -0.3 is 15.1 Å². The zero-order valence-electron chi connectivity index (χ0n) is 16.2. The highest BCUT2D eigenvalue weighted by Gasteiger charge is 2.24. The van der Waals surface area contributed by atoms with E-state index in [2.05, 4.69) is 26.4 Å². The number of carbonyl (C=O) groups excluding carboxylic acids is 1. The van der Waals surface area contributed by atoms with Gasteiger partial charge in [0.05, 0.1) is 18.1 Å². The average molecular weight is 379 g/mol. The summed E-state index contributed by atoms with van der Waals surface area (Å²) >= 11 is 0. The molecule has 1 fully saturated rings. The van der Waals surface area contributed by atoms with Gasteiger partial charge in [0.15, 0.2) is 5.65 Å². The molecule has 3 aromatic heterocycles. The van der Waals surface area contributed by atoms with E-state index >= 15 is 0 Å². The molecule has 4 rings (SSSR count). The van der Waals surface area contributed by atoms with Crippen molar-refractivity contribution in [3.8, 4) is 0 Å². The Morgan fingerprint density at radius 2 is 2.07 bits per heavy atom. The van der Waals surface area contributed by atoms with E-state index < -0.39 is 0 Å². The van der Waals surface area contributed by atoms with Gasteiger partial charge in [0.2, 0.25) is 0 Å². The van der Waals surface area contributed by atoms with Crippen LogP contribution in [0.4, 0.5) is 11.5 Å². The maximum absolute atomic E-state index is 13.0. The Morgan fingerprint density at radius 3 is 2.86 bits per heavy atom. The van der Waals surface area contributed by atoms with Crippen LogP contribution in [0.5, 0.6) is 0 Å². The lowest BCUT2D eigenvalue weighted by atomic mass is 10.1. The van der Waals surface area contributed by atoms with Crippen LogP contribution in [0.25, 0.3) is 5.65 Å². The van der Waals surface area contributed by atoms with Gasteiger partial charge in [-0.1, -0.05) is 0 Å². The van der Waals surface area contributed by atoms with Crippen LogP contribution < -0.4 is 10.2 Å². The summed E-state index contributed by atoms with van der Waals surface area (Å²) in [7, 11) is 3.96. The number of anilines is 2. The molecule has 1 aliphatic heterocycles. The molecule has 1 atom stereocenters. The molecule has 0 saturated carbocycles. The van der Waals surface area contributed by atoms with Crippen LogP contribution in [0, 0.1) is 0 Å². The van der Waals surface area contributed by atoms with Crippen LogP contribution in [0.15, 0.2) is 43.0 Å². The molecular weight excluding hydrogens is 354 g/mol. The zero-order valence-corrected chi connectivity index (χ0v) is 16.2. The van der Waals surface area contributed by atoms with Crippen LogP contribution in [0.2, 0.25) is 0 Å². The molecule has 4 heterocycles. The lowest BCUT2D eigenvalue weighted by Gasteiger charge is -2.21. The molecule has 0 bridgehead atoms. The van der Waals surface area contributed by atoms with Crippen molar-refractivity contribution < 1.29 is 4.79 Å². The van der Waals surface area contributed by atoms with Crippen LogP contribution in [-0.2, 0) is 0 Å². The first kappa shape index (κ1) is 18.2. The molecule has 1 N–H and O–H groups in total. The number of rotatable bonds is 4. The van der Waals surface area contributed by atoms with Crippen molar-refractivity contribution >= 4 is 23.1 Å². The number of hydrogen-bond acceptors (Lipinski definition) is 6. The maximum atomic E-state index is 13.0. The van der Waals surface area contributed by atoms with Crippen molar-refractivity contribution in [2.75, 3.05) is 37.4 Å². The van der Waals surface area contributed by atoms with Crippen LogP contribution in [-0.4, -0.2) is 63.6 Å². The number of amides is 1. The Hall–Kier alpha value is -3.16. The fourth-order valence-corrected chi connectivity index (χ4v) is 3.56. The molecule has 0 unspecified atom stereocenters. The quantitative estimate of drug-likeness (QED) is 0.749. The van der Waals surface area contributed by atoms with E-state index in [1.54, 1.807) is 29.2 Å². The molecular formula is C20H25N7O. The van der Waals surface area contributed by atoms with E-state index in [0.29, 0.717) is 23.8 Å². The highest BCUT2D eigenvalue weighted by atomic mass is 16.2. The number of fused-ring (bicyclic) bond motifs is 1. The lowest BCUT2D eigenvalue weighted by molar-refractivity contribution is 0.0763. The van der Waals surface area contributed by atoms with E-state index in [1.807, 2.05) is 36.2 Å². The highest BCUT2D eigenvalue weighted by molar-refractivity contribution is 5.99. The largest absolute Gasteiger partial charge is 0.381 e. The third kappa shape index (κ3) is 3.76. The number of likely N-dealkylation sites (tertiary alicyclic amines) is 1. The third-order valence-corrected chi connectivity index (χ3v) is 5.10. The molecule has 146 valence electrons. The van der Waals surface area contributed by atoms with E-state index in [0.717, 1.165) is 37.3 Å². The molecule has 1 aliphatic rings. The predicted molar refractivity (Wildman–Crippen MR) is 109 cm³/mol. The Balaban J connectivity index is 1.40. The van der Waals surface area contributed by atoms with Crippen molar-refractivity contribution in [1.29, 1.82) is 0 Å². The third-order valence-electron chi connectivity index (χ3n) is 5.10. The summed E-state index contributed by atoms with van der Waals surface area (Å²) in [6.07, 6.45) is 9.85. The minimum absolute atomic E-state index is 0.00588. The average Bonchev–Trinajstić information content (AvgIpc) is 3.00. The molecule has 28 heavy (non-hydrogen) atoms. The van der Waals surface area contributed by atoms with Gasteiger partial charge >= 0.3 is 0 Å². The summed E-state index contributed by atoms with van der Waals surface area (Å²) in [5, 5.41) is 7.80. The summed E-state index contributed by atoms with van der Waals surface area (Å²) in [6.45, 7) is 1.46. The minimum atomic E-state index is 0.00588. The SMILES string of the molecule is CN(C)c1ccc(N[C@H]2CCCN(C(=O)c3cnn4cccnc34)CC2)cn1. The first-order chi connectivity index (χ1) is 13.6. The Labute approximate surface area is 164 Å². The van der Waals surface area contributed by atoms with Gasteiger partial charge in [-0.15, -0.1) is 0 Å². The second kappa shape index (κ2) is 7.84. The van der Waals surface area contributed by atoms with Crippen molar-refractivity contribution in [3.63, 3.8) is 0 Å². The summed E-state index contributed by atoms with van der Waals surface area (Å²) in [5.74, 6) is 0.941. The van der Waals surface area contributed by atoms with Gasteiger partial charge in [-0.2, -0.15) is 5.10 Å². The standard InChI is InChI=1S/C20H25N7O/c1-25(2)18-7-6-16(13-22-18)24-15-5-3-10-26(12-8-15)20(28)17-14-23-27-11-4-9-21-19(17)27/h4,6-7,9,11,13-15,24H,3,5,8,10,12H2,1-2H3/t15-/m0/s1. The molecule has 0 aliphatic carbocycles.